The number of carbonyl (C=O) groups is 1. The van der Waals surface area contributed by atoms with Gasteiger partial charge in [0.2, 0.25) is 0 Å². The Hall–Kier alpha value is -1.77. The molecular formula is C16H21N5O2S. The van der Waals surface area contributed by atoms with Crippen molar-refractivity contribution in [2.24, 2.45) is 0 Å². The normalized spacial score (nSPS) is 18.1. The topological polar surface area (TPSA) is 74.5 Å². The molecule has 1 N–H and O–H groups in total. The second kappa shape index (κ2) is 6.62. The van der Waals surface area contributed by atoms with Crippen molar-refractivity contribution in [3.8, 4) is 0 Å². The van der Waals surface area contributed by atoms with Crippen molar-refractivity contribution >= 4 is 17.2 Å². The van der Waals surface area contributed by atoms with Gasteiger partial charge >= 0.3 is 0 Å². The predicted molar refractivity (Wildman–Crippen MR) is 89.5 cm³/mol. The van der Waals surface area contributed by atoms with E-state index in [4.69, 9.17) is 0 Å². The SMILES string of the molecule is O=C(c1cnc(CN2CCCC2)s1)N1CCn2nc(CO)cc2C1. The first-order valence-electron chi connectivity index (χ1n) is 8.36. The van der Waals surface area contributed by atoms with E-state index < -0.39 is 0 Å². The van der Waals surface area contributed by atoms with E-state index in [1.807, 2.05) is 15.6 Å². The first kappa shape index (κ1) is 15.7. The Bertz CT molecular complexity index is 735. The summed E-state index contributed by atoms with van der Waals surface area (Å²) in [6.45, 7) is 4.88. The van der Waals surface area contributed by atoms with E-state index in [9.17, 15) is 9.90 Å². The molecular weight excluding hydrogens is 326 g/mol. The van der Waals surface area contributed by atoms with Crippen LogP contribution in [0.15, 0.2) is 12.3 Å². The fraction of sp³-hybridized carbons (Fsp3) is 0.562. The minimum absolute atomic E-state index is 0.0400. The minimum Gasteiger partial charge on any atom is -0.390 e. The molecule has 0 aliphatic carbocycles. The van der Waals surface area contributed by atoms with Crippen molar-refractivity contribution in [2.45, 2.75) is 39.1 Å². The van der Waals surface area contributed by atoms with Gasteiger partial charge in [-0.3, -0.25) is 14.4 Å². The zero-order chi connectivity index (χ0) is 16.5. The van der Waals surface area contributed by atoms with Crippen molar-refractivity contribution in [3.63, 3.8) is 0 Å². The summed E-state index contributed by atoms with van der Waals surface area (Å²) < 4.78 is 1.88. The van der Waals surface area contributed by atoms with E-state index in [1.165, 1.54) is 24.2 Å². The summed E-state index contributed by atoms with van der Waals surface area (Å²) in [4.78, 5) is 22.1. The summed E-state index contributed by atoms with van der Waals surface area (Å²) in [7, 11) is 0. The standard InChI is InChI=1S/C16H21N5O2S/c22-11-12-7-13-9-20(5-6-21(13)18-12)16(23)14-8-17-15(24-14)10-19-3-1-2-4-19/h7-8,22H,1-6,9-11H2. The molecule has 0 spiro atoms. The van der Waals surface area contributed by atoms with Gasteiger partial charge < -0.3 is 10.0 Å². The highest BCUT2D eigenvalue weighted by Crippen LogP contribution is 2.22. The quantitative estimate of drug-likeness (QED) is 0.896. The lowest BCUT2D eigenvalue weighted by atomic mass is 10.2. The molecule has 0 saturated carbocycles. The van der Waals surface area contributed by atoms with Crippen LogP contribution in [0.2, 0.25) is 0 Å². The summed E-state index contributed by atoms with van der Waals surface area (Å²) in [6.07, 6.45) is 4.23. The van der Waals surface area contributed by atoms with Gasteiger partial charge in [-0.25, -0.2) is 4.98 Å². The number of aliphatic hydroxyl groups excluding tert-OH is 1. The molecule has 2 aromatic heterocycles. The van der Waals surface area contributed by atoms with Crippen LogP contribution >= 0.6 is 11.3 Å². The van der Waals surface area contributed by atoms with Gasteiger partial charge in [0.05, 0.1) is 43.8 Å². The Kier molecular flexibility index (Phi) is 4.34. The number of aliphatic hydroxyl groups is 1. The first-order chi connectivity index (χ1) is 11.7. The third-order valence-corrected chi connectivity index (χ3v) is 5.59. The Labute approximate surface area is 144 Å². The lowest BCUT2D eigenvalue weighted by Gasteiger charge is -2.27. The van der Waals surface area contributed by atoms with Gasteiger partial charge in [-0.15, -0.1) is 11.3 Å². The van der Waals surface area contributed by atoms with Crippen LogP contribution in [0, 0.1) is 0 Å². The zero-order valence-electron chi connectivity index (χ0n) is 13.5. The van der Waals surface area contributed by atoms with E-state index in [-0.39, 0.29) is 12.5 Å². The molecule has 4 heterocycles. The number of rotatable bonds is 4. The third kappa shape index (κ3) is 3.09. The number of aromatic nitrogens is 3. The number of thiazole rings is 1. The summed E-state index contributed by atoms with van der Waals surface area (Å²) >= 11 is 1.51. The number of hydrogen-bond donors (Lipinski definition) is 1. The number of fused-ring (bicyclic) bond motifs is 1. The molecule has 2 aliphatic rings. The Morgan fingerprint density at radius 1 is 1.25 bits per heavy atom. The van der Waals surface area contributed by atoms with Crippen molar-refractivity contribution < 1.29 is 9.90 Å². The van der Waals surface area contributed by atoms with Crippen LogP contribution in [0.5, 0.6) is 0 Å². The smallest absolute Gasteiger partial charge is 0.265 e. The van der Waals surface area contributed by atoms with Crippen molar-refractivity contribution in [2.75, 3.05) is 19.6 Å². The molecule has 7 nitrogen and oxygen atoms in total. The van der Waals surface area contributed by atoms with Gasteiger partial charge in [0.1, 0.15) is 9.88 Å². The molecule has 1 saturated heterocycles. The summed E-state index contributed by atoms with van der Waals surface area (Å²) in [5.41, 5.74) is 1.63. The number of likely N-dealkylation sites (tertiary alicyclic amines) is 1. The number of amides is 1. The highest BCUT2D eigenvalue weighted by atomic mass is 32.1. The number of hydrogen-bond acceptors (Lipinski definition) is 6. The van der Waals surface area contributed by atoms with Gasteiger partial charge in [-0.2, -0.15) is 5.10 Å². The number of nitrogens with zero attached hydrogens (tertiary/aromatic N) is 5. The van der Waals surface area contributed by atoms with Crippen LogP contribution in [0.1, 0.15) is 38.9 Å². The highest BCUT2D eigenvalue weighted by molar-refractivity contribution is 7.13. The van der Waals surface area contributed by atoms with Crippen LogP contribution in [0.25, 0.3) is 0 Å². The molecule has 2 aliphatic heterocycles. The van der Waals surface area contributed by atoms with Gasteiger partial charge in [0, 0.05) is 6.54 Å². The van der Waals surface area contributed by atoms with Crippen LogP contribution in [0.3, 0.4) is 0 Å². The second-order valence-corrected chi connectivity index (χ2v) is 7.45. The molecule has 0 atom stereocenters. The van der Waals surface area contributed by atoms with Gasteiger partial charge in [0.15, 0.2) is 0 Å². The van der Waals surface area contributed by atoms with Crippen molar-refractivity contribution in [1.82, 2.24) is 24.6 Å². The molecule has 4 rings (SSSR count). The maximum atomic E-state index is 12.7. The van der Waals surface area contributed by atoms with Gasteiger partial charge in [-0.05, 0) is 32.0 Å². The molecule has 1 amide bonds. The van der Waals surface area contributed by atoms with Gasteiger partial charge in [0.25, 0.3) is 5.91 Å². The molecule has 0 bridgehead atoms. The number of carbonyl (C=O) groups excluding carboxylic acids is 1. The molecule has 8 heteroatoms. The molecule has 1 fully saturated rings. The van der Waals surface area contributed by atoms with Gasteiger partial charge in [-0.1, -0.05) is 0 Å². The third-order valence-electron chi connectivity index (χ3n) is 4.62. The summed E-state index contributed by atoms with van der Waals surface area (Å²) in [5, 5.41) is 14.5. The first-order valence-corrected chi connectivity index (χ1v) is 9.17. The van der Waals surface area contributed by atoms with Crippen LogP contribution in [-0.4, -0.2) is 55.2 Å². The fourth-order valence-electron chi connectivity index (χ4n) is 3.35. The van der Waals surface area contributed by atoms with E-state index in [0.29, 0.717) is 30.2 Å². The molecule has 0 radical (unpaired) electrons. The lowest BCUT2D eigenvalue weighted by molar-refractivity contribution is 0.0710. The molecule has 2 aromatic rings. The average molecular weight is 347 g/mol. The Morgan fingerprint density at radius 3 is 2.88 bits per heavy atom. The van der Waals surface area contributed by atoms with Crippen LogP contribution in [0.4, 0.5) is 0 Å². The lowest BCUT2D eigenvalue weighted by Crippen LogP contribution is -2.38. The van der Waals surface area contributed by atoms with E-state index in [1.54, 1.807) is 6.20 Å². The fourth-order valence-corrected chi connectivity index (χ4v) is 4.27. The highest BCUT2D eigenvalue weighted by Gasteiger charge is 2.25. The monoisotopic (exact) mass is 347 g/mol. The largest absolute Gasteiger partial charge is 0.390 e. The maximum Gasteiger partial charge on any atom is 0.265 e. The van der Waals surface area contributed by atoms with E-state index >= 15 is 0 Å². The molecule has 0 aromatic carbocycles. The maximum absolute atomic E-state index is 12.7. The summed E-state index contributed by atoms with van der Waals surface area (Å²) in [5.74, 6) is 0.0400. The molecule has 128 valence electrons. The van der Waals surface area contributed by atoms with E-state index in [2.05, 4.69) is 15.0 Å². The average Bonchev–Trinajstić information content (AvgIpc) is 3.34. The Balaban J connectivity index is 1.43. The Morgan fingerprint density at radius 2 is 2.08 bits per heavy atom. The summed E-state index contributed by atoms with van der Waals surface area (Å²) in [6, 6.07) is 1.87. The zero-order valence-corrected chi connectivity index (χ0v) is 14.3. The van der Waals surface area contributed by atoms with E-state index in [0.717, 1.165) is 30.3 Å². The molecule has 0 unspecified atom stereocenters. The predicted octanol–water partition coefficient (Wildman–Crippen LogP) is 1.08. The van der Waals surface area contributed by atoms with Crippen molar-refractivity contribution in [1.29, 1.82) is 0 Å². The minimum atomic E-state index is -0.0668. The van der Waals surface area contributed by atoms with Crippen LogP contribution < -0.4 is 0 Å². The van der Waals surface area contributed by atoms with Crippen LogP contribution in [-0.2, 0) is 26.2 Å². The second-order valence-electron chi connectivity index (χ2n) is 6.34. The van der Waals surface area contributed by atoms with Crippen molar-refractivity contribution in [3.05, 3.63) is 33.5 Å². The molecule has 24 heavy (non-hydrogen) atoms.